The van der Waals surface area contributed by atoms with Crippen LogP contribution in [0.25, 0.3) is 0 Å². The highest BCUT2D eigenvalue weighted by molar-refractivity contribution is 5.58. The van der Waals surface area contributed by atoms with E-state index in [4.69, 9.17) is 5.84 Å². The predicted molar refractivity (Wildman–Crippen MR) is 79.1 cm³/mol. The molecule has 0 spiro atoms. The van der Waals surface area contributed by atoms with Crippen LogP contribution in [-0.4, -0.2) is 23.1 Å². The van der Waals surface area contributed by atoms with E-state index >= 15 is 0 Å². The smallest absolute Gasteiger partial charge is 0.148 e. The first-order chi connectivity index (χ1) is 9.07. The Balaban J connectivity index is 2.26. The largest absolute Gasteiger partial charge is 0.356 e. The van der Waals surface area contributed by atoms with Crippen molar-refractivity contribution in [2.75, 3.05) is 23.4 Å². The number of hydrogen-bond acceptors (Lipinski definition) is 5. The van der Waals surface area contributed by atoms with Crippen LogP contribution in [0, 0.1) is 5.41 Å². The number of hydrazine groups is 1. The van der Waals surface area contributed by atoms with E-state index in [2.05, 4.69) is 41.1 Å². The minimum atomic E-state index is 0.434. The highest BCUT2D eigenvalue weighted by Gasteiger charge is 2.25. The van der Waals surface area contributed by atoms with Crippen LogP contribution in [0.4, 0.5) is 11.6 Å². The van der Waals surface area contributed by atoms with Crippen LogP contribution in [0.15, 0.2) is 6.33 Å². The Morgan fingerprint density at radius 3 is 2.79 bits per heavy atom. The lowest BCUT2D eigenvalue weighted by atomic mass is 9.85. The first-order valence-electron chi connectivity index (χ1n) is 7.13. The predicted octanol–water partition coefficient (Wildman–Crippen LogP) is 2.34. The first kappa shape index (κ1) is 14.1. The lowest BCUT2D eigenvalue weighted by Crippen LogP contribution is -2.28. The van der Waals surface area contributed by atoms with E-state index < -0.39 is 0 Å². The third kappa shape index (κ3) is 3.15. The van der Waals surface area contributed by atoms with Crippen molar-refractivity contribution in [1.82, 2.24) is 9.97 Å². The van der Waals surface area contributed by atoms with Gasteiger partial charge in [0.2, 0.25) is 0 Å². The molecule has 1 saturated heterocycles. The fourth-order valence-corrected chi connectivity index (χ4v) is 2.76. The van der Waals surface area contributed by atoms with Gasteiger partial charge in [-0.05, 0) is 31.1 Å². The van der Waals surface area contributed by atoms with E-state index in [1.807, 2.05) is 0 Å². The number of nitrogens with two attached hydrogens (primary N) is 1. The van der Waals surface area contributed by atoms with Crippen LogP contribution in [-0.2, 0) is 6.42 Å². The molecule has 0 amide bonds. The average Bonchev–Trinajstić information content (AvgIpc) is 2.58. The van der Waals surface area contributed by atoms with Crippen molar-refractivity contribution in [3.8, 4) is 0 Å². The van der Waals surface area contributed by atoms with Crippen molar-refractivity contribution in [3.05, 3.63) is 11.9 Å². The maximum atomic E-state index is 5.54. The van der Waals surface area contributed by atoms with Gasteiger partial charge in [0.1, 0.15) is 18.0 Å². The monoisotopic (exact) mass is 263 g/mol. The highest BCUT2D eigenvalue weighted by Crippen LogP contribution is 2.32. The van der Waals surface area contributed by atoms with E-state index in [0.717, 1.165) is 36.7 Å². The molecule has 2 heterocycles. The van der Waals surface area contributed by atoms with E-state index in [9.17, 15) is 0 Å². The minimum absolute atomic E-state index is 0.434. The van der Waals surface area contributed by atoms with Gasteiger partial charge in [-0.15, -0.1) is 0 Å². The number of hydrogen-bond donors (Lipinski definition) is 2. The molecule has 1 aromatic heterocycles. The summed E-state index contributed by atoms with van der Waals surface area (Å²) in [6.07, 6.45) is 6.17. The molecule has 0 aliphatic carbocycles. The molecule has 1 aliphatic rings. The van der Waals surface area contributed by atoms with E-state index in [0.29, 0.717) is 5.41 Å². The van der Waals surface area contributed by atoms with Gasteiger partial charge in [-0.2, -0.15) is 0 Å². The lowest BCUT2D eigenvalue weighted by Gasteiger charge is -2.26. The summed E-state index contributed by atoms with van der Waals surface area (Å²) in [6.45, 7) is 8.94. The van der Waals surface area contributed by atoms with Crippen LogP contribution in [0.3, 0.4) is 0 Å². The molecule has 0 radical (unpaired) electrons. The van der Waals surface area contributed by atoms with Gasteiger partial charge in [-0.3, -0.25) is 0 Å². The van der Waals surface area contributed by atoms with E-state index in [1.165, 1.54) is 19.3 Å². The van der Waals surface area contributed by atoms with E-state index in [-0.39, 0.29) is 0 Å². The molecule has 1 aliphatic heterocycles. The Bertz CT molecular complexity index is 430. The highest BCUT2D eigenvalue weighted by atomic mass is 15.3. The molecule has 0 atom stereocenters. The Kier molecular flexibility index (Phi) is 4.24. The molecule has 3 N–H and O–H groups in total. The molecular formula is C14H25N5. The molecule has 0 aromatic carbocycles. The second kappa shape index (κ2) is 5.74. The zero-order valence-corrected chi connectivity index (χ0v) is 12.2. The number of anilines is 2. The molecule has 0 unspecified atom stereocenters. The molecule has 1 fully saturated rings. The summed E-state index contributed by atoms with van der Waals surface area (Å²) in [5.74, 6) is 7.33. The summed E-state index contributed by atoms with van der Waals surface area (Å²) >= 11 is 0. The van der Waals surface area contributed by atoms with Gasteiger partial charge in [0.05, 0.1) is 0 Å². The SMILES string of the molecule is CCc1c(NN)ncnc1N1CCCC(C)(C)CC1. The van der Waals surface area contributed by atoms with Crippen molar-refractivity contribution < 1.29 is 0 Å². The second-order valence-corrected chi connectivity index (χ2v) is 6.03. The normalized spacial score (nSPS) is 19.1. The van der Waals surface area contributed by atoms with Crippen molar-refractivity contribution in [1.29, 1.82) is 0 Å². The van der Waals surface area contributed by atoms with Crippen LogP contribution >= 0.6 is 0 Å². The summed E-state index contributed by atoms with van der Waals surface area (Å²) in [7, 11) is 0. The molecule has 0 bridgehead atoms. The van der Waals surface area contributed by atoms with Gasteiger partial charge < -0.3 is 10.3 Å². The Morgan fingerprint density at radius 1 is 1.32 bits per heavy atom. The van der Waals surface area contributed by atoms with Crippen LogP contribution < -0.4 is 16.2 Å². The second-order valence-electron chi connectivity index (χ2n) is 6.03. The Labute approximate surface area is 115 Å². The fourth-order valence-electron chi connectivity index (χ4n) is 2.76. The Morgan fingerprint density at radius 2 is 2.11 bits per heavy atom. The molecule has 5 heteroatoms. The van der Waals surface area contributed by atoms with Crippen LogP contribution in [0.1, 0.15) is 45.6 Å². The first-order valence-corrected chi connectivity index (χ1v) is 7.13. The van der Waals surface area contributed by atoms with Crippen LogP contribution in [0.2, 0.25) is 0 Å². The molecule has 19 heavy (non-hydrogen) atoms. The zero-order chi connectivity index (χ0) is 13.9. The number of rotatable bonds is 3. The molecule has 106 valence electrons. The fraction of sp³-hybridized carbons (Fsp3) is 0.714. The van der Waals surface area contributed by atoms with Gasteiger partial charge >= 0.3 is 0 Å². The maximum Gasteiger partial charge on any atom is 0.148 e. The number of nitrogens with zero attached hydrogens (tertiary/aromatic N) is 3. The van der Waals surface area contributed by atoms with Crippen molar-refractivity contribution in [3.63, 3.8) is 0 Å². The van der Waals surface area contributed by atoms with Crippen molar-refractivity contribution >= 4 is 11.6 Å². The van der Waals surface area contributed by atoms with Crippen molar-refractivity contribution in [2.45, 2.75) is 46.5 Å². The number of nitrogen functional groups attached to an aromatic ring is 1. The van der Waals surface area contributed by atoms with Gasteiger partial charge in [-0.1, -0.05) is 20.8 Å². The zero-order valence-electron chi connectivity index (χ0n) is 12.2. The summed E-state index contributed by atoms with van der Waals surface area (Å²) in [5, 5.41) is 0. The average molecular weight is 263 g/mol. The quantitative estimate of drug-likeness (QED) is 0.647. The summed E-state index contributed by atoms with van der Waals surface area (Å²) in [6, 6.07) is 0. The molecule has 2 rings (SSSR count). The Hall–Kier alpha value is -1.36. The van der Waals surface area contributed by atoms with Gasteiger partial charge in [0.15, 0.2) is 0 Å². The van der Waals surface area contributed by atoms with Crippen LogP contribution in [0.5, 0.6) is 0 Å². The number of nitrogens with one attached hydrogen (secondary N) is 1. The lowest BCUT2D eigenvalue weighted by molar-refractivity contribution is 0.325. The topological polar surface area (TPSA) is 67.1 Å². The third-order valence-electron chi connectivity index (χ3n) is 4.05. The minimum Gasteiger partial charge on any atom is -0.356 e. The molecule has 5 nitrogen and oxygen atoms in total. The summed E-state index contributed by atoms with van der Waals surface area (Å²) in [5.41, 5.74) is 4.23. The molecule has 1 aromatic rings. The van der Waals surface area contributed by atoms with Gasteiger partial charge in [0, 0.05) is 18.7 Å². The summed E-state index contributed by atoms with van der Waals surface area (Å²) in [4.78, 5) is 11.1. The molecular weight excluding hydrogens is 238 g/mol. The standard InChI is InChI=1S/C14H25N5/c1-4-11-12(18-15)16-10-17-13(11)19-8-5-6-14(2,3)7-9-19/h10H,4-9,15H2,1-3H3,(H,16,17,18). The van der Waals surface area contributed by atoms with Crippen molar-refractivity contribution in [2.24, 2.45) is 11.3 Å². The summed E-state index contributed by atoms with van der Waals surface area (Å²) < 4.78 is 0. The van der Waals surface area contributed by atoms with Gasteiger partial charge in [0.25, 0.3) is 0 Å². The third-order valence-corrected chi connectivity index (χ3v) is 4.05. The molecule has 0 saturated carbocycles. The van der Waals surface area contributed by atoms with Gasteiger partial charge in [-0.25, -0.2) is 15.8 Å². The van der Waals surface area contributed by atoms with E-state index in [1.54, 1.807) is 6.33 Å². The number of aromatic nitrogens is 2. The maximum absolute atomic E-state index is 5.54.